The van der Waals surface area contributed by atoms with Crippen LogP contribution in [-0.4, -0.2) is 5.11 Å². The van der Waals surface area contributed by atoms with Gasteiger partial charge in [0, 0.05) is 6.54 Å². The Balaban J connectivity index is 1.97. The summed E-state index contributed by atoms with van der Waals surface area (Å²) in [6.07, 6.45) is 0. The van der Waals surface area contributed by atoms with E-state index in [0.717, 1.165) is 22.4 Å². The number of hydrogen-bond donors (Lipinski definition) is 2. The van der Waals surface area contributed by atoms with Gasteiger partial charge in [-0.2, -0.15) is 0 Å². The lowest BCUT2D eigenvalue weighted by molar-refractivity contribution is 0.624. The molecular weight excluding hydrogens is 307 g/mol. The van der Waals surface area contributed by atoms with Crippen molar-refractivity contribution in [2.24, 2.45) is 0 Å². The summed E-state index contributed by atoms with van der Waals surface area (Å²) in [7, 11) is 0. The summed E-state index contributed by atoms with van der Waals surface area (Å²) < 4.78 is 13.2. The van der Waals surface area contributed by atoms with Crippen molar-refractivity contribution >= 4 is 34.6 Å². The van der Waals surface area contributed by atoms with Crippen LogP contribution in [0.1, 0.15) is 16.7 Å². The van der Waals surface area contributed by atoms with Gasteiger partial charge in [0.1, 0.15) is 5.82 Å². The molecule has 0 unspecified atom stereocenters. The van der Waals surface area contributed by atoms with Gasteiger partial charge in [0.15, 0.2) is 5.11 Å². The summed E-state index contributed by atoms with van der Waals surface area (Å²) in [6, 6.07) is 10.4. The number of aryl methyl sites for hydroxylation is 2. The Morgan fingerprint density at radius 2 is 1.95 bits per heavy atom. The molecule has 0 aliphatic carbocycles. The second-order valence-electron chi connectivity index (χ2n) is 4.86. The quantitative estimate of drug-likeness (QED) is 0.809. The van der Waals surface area contributed by atoms with Gasteiger partial charge < -0.3 is 10.6 Å². The number of benzene rings is 2. The van der Waals surface area contributed by atoms with E-state index in [0.29, 0.717) is 16.7 Å². The van der Waals surface area contributed by atoms with Crippen molar-refractivity contribution < 1.29 is 4.39 Å². The molecule has 2 rings (SSSR count). The molecule has 0 spiro atoms. The van der Waals surface area contributed by atoms with Crippen molar-refractivity contribution in [1.82, 2.24) is 5.32 Å². The topological polar surface area (TPSA) is 24.1 Å². The Morgan fingerprint density at radius 1 is 1.19 bits per heavy atom. The van der Waals surface area contributed by atoms with Crippen LogP contribution in [0, 0.1) is 19.7 Å². The maximum atomic E-state index is 13.2. The minimum absolute atomic E-state index is 0.252. The highest BCUT2D eigenvalue weighted by molar-refractivity contribution is 7.80. The summed E-state index contributed by atoms with van der Waals surface area (Å²) in [5, 5.41) is 7.15. The SMILES string of the molecule is Cc1ccc(NC(=S)NCc2cc(F)ccc2C)c(Cl)c1. The fraction of sp³-hybridized carbons (Fsp3) is 0.188. The number of anilines is 1. The van der Waals surface area contributed by atoms with Gasteiger partial charge in [-0.1, -0.05) is 23.7 Å². The minimum atomic E-state index is -0.252. The van der Waals surface area contributed by atoms with Crippen molar-refractivity contribution in [2.75, 3.05) is 5.32 Å². The molecule has 0 atom stereocenters. The summed E-state index contributed by atoms with van der Waals surface area (Å²) in [5.74, 6) is -0.252. The molecule has 2 aromatic carbocycles. The van der Waals surface area contributed by atoms with E-state index in [-0.39, 0.29) is 5.82 Å². The van der Waals surface area contributed by atoms with Gasteiger partial charge in [-0.05, 0) is 67.0 Å². The average molecular weight is 323 g/mol. The third-order valence-corrected chi connectivity index (χ3v) is 3.68. The second-order valence-corrected chi connectivity index (χ2v) is 5.68. The zero-order valence-corrected chi connectivity index (χ0v) is 13.4. The molecule has 2 N–H and O–H groups in total. The van der Waals surface area contributed by atoms with Gasteiger partial charge in [0.25, 0.3) is 0 Å². The molecule has 0 aliphatic heterocycles. The first-order chi connectivity index (χ1) is 9.95. The minimum Gasteiger partial charge on any atom is -0.358 e. The number of thiocarbonyl (C=S) groups is 1. The van der Waals surface area contributed by atoms with E-state index in [1.165, 1.54) is 12.1 Å². The highest BCUT2D eigenvalue weighted by Gasteiger charge is 2.05. The van der Waals surface area contributed by atoms with Crippen LogP contribution < -0.4 is 10.6 Å². The molecule has 0 fully saturated rings. The van der Waals surface area contributed by atoms with Crippen LogP contribution in [0.4, 0.5) is 10.1 Å². The van der Waals surface area contributed by atoms with Gasteiger partial charge in [-0.3, -0.25) is 0 Å². The Hall–Kier alpha value is -1.65. The molecular formula is C16H16ClFN2S. The van der Waals surface area contributed by atoms with E-state index in [2.05, 4.69) is 10.6 Å². The highest BCUT2D eigenvalue weighted by atomic mass is 35.5. The summed E-state index contributed by atoms with van der Waals surface area (Å²) in [4.78, 5) is 0. The van der Waals surface area contributed by atoms with Crippen molar-refractivity contribution in [2.45, 2.75) is 20.4 Å². The summed E-state index contributed by atoms with van der Waals surface area (Å²) >= 11 is 11.4. The van der Waals surface area contributed by atoms with Gasteiger partial charge in [0.2, 0.25) is 0 Å². The summed E-state index contributed by atoms with van der Waals surface area (Å²) in [5.41, 5.74) is 3.71. The van der Waals surface area contributed by atoms with Crippen molar-refractivity contribution in [3.8, 4) is 0 Å². The van der Waals surface area contributed by atoms with Crippen molar-refractivity contribution in [3.05, 3.63) is 63.9 Å². The van der Waals surface area contributed by atoms with E-state index in [4.69, 9.17) is 23.8 Å². The lowest BCUT2D eigenvalue weighted by Crippen LogP contribution is -2.28. The fourth-order valence-electron chi connectivity index (χ4n) is 1.89. The van der Waals surface area contributed by atoms with Gasteiger partial charge >= 0.3 is 0 Å². The molecule has 2 aromatic rings. The zero-order valence-electron chi connectivity index (χ0n) is 11.8. The third-order valence-electron chi connectivity index (χ3n) is 3.12. The number of halogens is 2. The lowest BCUT2D eigenvalue weighted by Gasteiger charge is -2.13. The largest absolute Gasteiger partial charge is 0.358 e. The molecule has 0 amide bonds. The van der Waals surface area contributed by atoms with Gasteiger partial charge in [0.05, 0.1) is 10.7 Å². The van der Waals surface area contributed by atoms with Crippen LogP contribution in [0.5, 0.6) is 0 Å². The molecule has 5 heteroatoms. The monoisotopic (exact) mass is 322 g/mol. The van der Waals surface area contributed by atoms with Crippen molar-refractivity contribution in [1.29, 1.82) is 0 Å². The molecule has 0 heterocycles. The zero-order chi connectivity index (χ0) is 15.4. The standard InChI is InChI=1S/C16H16ClFN2S/c1-10-3-6-15(14(17)7-10)20-16(21)19-9-12-8-13(18)5-4-11(12)2/h3-8H,9H2,1-2H3,(H2,19,20,21). The molecule has 110 valence electrons. The van der Waals surface area contributed by atoms with Gasteiger partial charge in [-0.25, -0.2) is 4.39 Å². The van der Waals surface area contributed by atoms with Crippen LogP contribution in [-0.2, 0) is 6.54 Å². The fourth-order valence-corrected chi connectivity index (χ4v) is 2.36. The van der Waals surface area contributed by atoms with Crippen LogP contribution in [0.25, 0.3) is 0 Å². The smallest absolute Gasteiger partial charge is 0.171 e. The van der Waals surface area contributed by atoms with E-state index in [9.17, 15) is 4.39 Å². The molecule has 0 saturated carbocycles. The Kier molecular flexibility index (Phi) is 5.15. The maximum absolute atomic E-state index is 13.2. The number of nitrogens with one attached hydrogen (secondary N) is 2. The van der Waals surface area contributed by atoms with Crippen molar-refractivity contribution in [3.63, 3.8) is 0 Å². The molecule has 2 nitrogen and oxygen atoms in total. The van der Waals surface area contributed by atoms with Crippen LogP contribution in [0.15, 0.2) is 36.4 Å². The number of rotatable bonds is 3. The average Bonchev–Trinajstić information content (AvgIpc) is 2.43. The maximum Gasteiger partial charge on any atom is 0.171 e. The predicted octanol–water partition coefficient (Wildman–Crippen LogP) is 4.58. The molecule has 0 saturated heterocycles. The first kappa shape index (κ1) is 15.7. The number of hydrogen-bond acceptors (Lipinski definition) is 1. The first-order valence-corrected chi connectivity index (χ1v) is 7.30. The second kappa shape index (κ2) is 6.87. The van der Waals surface area contributed by atoms with Crippen LogP contribution in [0.2, 0.25) is 5.02 Å². The van der Waals surface area contributed by atoms with E-state index < -0.39 is 0 Å². The predicted molar refractivity (Wildman–Crippen MR) is 90.4 cm³/mol. The third kappa shape index (κ3) is 4.41. The Bertz CT molecular complexity index is 673. The Labute approximate surface area is 134 Å². The highest BCUT2D eigenvalue weighted by Crippen LogP contribution is 2.22. The van der Waals surface area contributed by atoms with Crippen LogP contribution >= 0.6 is 23.8 Å². The first-order valence-electron chi connectivity index (χ1n) is 6.52. The Morgan fingerprint density at radius 3 is 2.67 bits per heavy atom. The van der Waals surface area contributed by atoms with Crippen LogP contribution in [0.3, 0.4) is 0 Å². The van der Waals surface area contributed by atoms with E-state index in [1.54, 1.807) is 6.07 Å². The summed E-state index contributed by atoms with van der Waals surface area (Å²) in [6.45, 7) is 4.36. The molecule has 0 radical (unpaired) electrons. The molecule has 0 aromatic heterocycles. The normalized spacial score (nSPS) is 10.3. The van der Waals surface area contributed by atoms with Gasteiger partial charge in [-0.15, -0.1) is 0 Å². The van der Waals surface area contributed by atoms with E-state index in [1.807, 2.05) is 32.0 Å². The molecule has 0 aliphatic rings. The molecule has 0 bridgehead atoms. The lowest BCUT2D eigenvalue weighted by atomic mass is 10.1. The van der Waals surface area contributed by atoms with E-state index >= 15 is 0 Å². The molecule has 21 heavy (non-hydrogen) atoms.